The Morgan fingerprint density at radius 1 is 1.50 bits per heavy atom. The first-order valence-electron chi connectivity index (χ1n) is 6.76. The van der Waals surface area contributed by atoms with Crippen molar-refractivity contribution in [3.8, 4) is 0 Å². The molecule has 0 atom stereocenters. The summed E-state index contributed by atoms with van der Waals surface area (Å²) in [7, 11) is 0. The maximum atomic E-state index is 11.8. The van der Waals surface area contributed by atoms with Crippen LogP contribution in [0.1, 0.15) is 35.1 Å². The zero-order valence-corrected chi connectivity index (χ0v) is 10.7. The van der Waals surface area contributed by atoms with Crippen molar-refractivity contribution in [1.29, 1.82) is 0 Å². The smallest absolute Gasteiger partial charge is 0.410 e. The van der Waals surface area contributed by atoms with Gasteiger partial charge in [0.2, 0.25) is 0 Å². The fraction of sp³-hybridized carbons (Fsp3) is 0.583. The molecule has 1 aromatic rings. The summed E-state index contributed by atoms with van der Waals surface area (Å²) in [4.78, 5) is 21.1. The van der Waals surface area contributed by atoms with E-state index < -0.39 is 5.60 Å². The minimum Gasteiger partial charge on any atom is -0.444 e. The lowest BCUT2D eigenvalue weighted by Gasteiger charge is -2.39. The molecule has 0 aliphatic carbocycles. The number of carbonyl (C=O) groups is 1. The van der Waals surface area contributed by atoms with Crippen LogP contribution in [0.15, 0.2) is 12.3 Å². The molecule has 1 aliphatic rings. The molecule has 2 heterocycles. The van der Waals surface area contributed by atoms with Crippen LogP contribution >= 0.6 is 0 Å². The Kier molecular flexibility index (Phi) is 2.49. The van der Waals surface area contributed by atoms with Crippen LogP contribution in [0.4, 0.5) is 10.6 Å². The summed E-state index contributed by atoms with van der Waals surface area (Å²) >= 11 is 0. The monoisotopic (exact) mass is 252 g/mol. The van der Waals surface area contributed by atoms with Crippen LogP contribution < -0.4 is 5.73 Å². The van der Waals surface area contributed by atoms with E-state index in [4.69, 9.17) is 13.2 Å². The minimum absolute atomic E-state index is 0.0349. The number of amides is 1. The van der Waals surface area contributed by atoms with Gasteiger partial charge in [0, 0.05) is 19.0 Å². The first-order chi connectivity index (χ1) is 9.17. The van der Waals surface area contributed by atoms with E-state index in [1.807, 2.05) is 20.8 Å². The highest BCUT2D eigenvalue weighted by molar-refractivity contribution is 5.69. The SMILES string of the molecule is [2H]c1nc(C2CN(C(=O)OC(C)(C)C)C2)c([2H])nc1N. The largest absolute Gasteiger partial charge is 0.444 e. The van der Waals surface area contributed by atoms with Crippen LogP contribution in [0.3, 0.4) is 0 Å². The maximum Gasteiger partial charge on any atom is 0.410 e. The number of nitrogens with two attached hydrogens (primary N) is 1. The Morgan fingerprint density at radius 3 is 2.78 bits per heavy atom. The lowest BCUT2D eigenvalue weighted by molar-refractivity contribution is 0.00784. The molecule has 0 spiro atoms. The highest BCUT2D eigenvalue weighted by Gasteiger charge is 2.35. The third-order valence-corrected chi connectivity index (χ3v) is 2.50. The van der Waals surface area contributed by atoms with E-state index in [1.165, 1.54) is 4.90 Å². The van der Waals surface area contributed by atoms with Gasteiger partial charge in [0.15, 0.2) is 0 Å². The van der Waals surface area contributed by atoms with Gasteiger partial charge >= 0.3 is 6.09 Å². The first kappa shape index (κ1) is 10.1. The predicted octanol–water partition coefficient (Wildman–Crippen LogP) is 1.39. The summed E-state index contributed by atoms with van der Waals surface area (Å²) < 4.78 is 20.5. The molecular formula is C12H18N4O2. The fourth-order valence-electron chi connectivity index (χ4n) is 1.59. The van der Waals surface area contributed by atoms with Crippen molar-refractivity contribution >= 4 is 11.9 Å². The summed E-state index contributed by atoms with van der Waals surface area (Å²) in [5.74, 6) is -0.144. The normalized spacial score (nSPS) is 17.8. The fourth-order valence-corrected chi connectivity index (χ4v) is 1.59. The van der Waals surface area contributed by atoms with Crippen molar-refractivity contribution in [3.05, 3.63) is 18.0 Å². The first-order valence-corrected chi connectivity index (χ1v) is 5.76. The number of carbonyl (C=O) groups excluding carboxylic acids is 1. The number of likely N-dealkylation sites (tertiary alicyclic amines) is 1. The van der Waals surface area contributed by atoms with E-state index in [2.05, 4.69) is 9.97 Å². The van der Waals surface area contributed by atoms with E-state index >= 15 is 0 Å². The molecule has 98 valence electrons. The molecule has 2 N–H and O–H groups in total. The lowest BCUT2D eigenvalue weighted by atomic mass is 9.97. The van der Waals surface area contributed by atoms with Crippen molar-refractivity contribution < 1.29 is 12.3 Å². The number of rotatable bonds is 1. The summed E-state index contributed by atoms with van der Waals surface area (Å²) in [6.45, 7) is 6.25. The van der Waals surface area contributed by atoms with Crippen LogP contribution in [0.2, 0.25) is 0 Å². The van der Waals surface area contributed by atoms with Crippen LogP contribution in [-0.4, -0.2) is 39.7 Å². The van der Waals surface area contributed by atoms with E-state index in [0.29, 0.717) is 18.8 Å². The Labute approximate surface area is 109 Å². The molecular weight excluding hydrogens is 232 g/mol. The van der Waals surface area contributed by atoms with Crippen LogP contribution in [0.5, 0.6) is 0 Å². The van der Waals surface area contributed by atoms with Gasteiger partial charge in [-0.15, -0.1) is 0 Å². The zero-order chi connectivity index (χ0) is 15.1. The van der Waals surface area contributed by atoms with Gasteiger partial charge in [-0.25, -0.2) is 9.78 Å². The average molecular weight is 252 g/mol. The molecule has 0 aromatic carbocycles. The number of nitrogen functional groups attached to an aromatic ring is 1. The third-order valence-electron chi connectivity index (χ3n) is 2.50. The van der Waals surface area contributed by atoms with Crippen molar-refractivity contribution in [3.63, 3.8) is 0 Å². The average Bonchev–Trinajstić information content (AvgIpc) is 2.20. The number of anilines is 1. The molecule has 1 fully saturated rings. The van der Waals surface area contributed by atoms with E-state index in [1.54, 1.807) is 0 Å². The molecule has 0 unspecified atom stereocenters. The van der Waals surface area contributed by atoms with E-state index in [-0.39, 0.29) is 30.2 Å². The number of nitrogens with zero attached hydrogens (tertiary/aromatic N) is 3. The maximum absolute atomic E-state index is 11.8. The Morgan fingerprint density at radius 2 is 2.17 bits per heavy atom. The van der Waals surface area contributed by atoms with Crippen LogP contribution in [0, 0.1) is 0 Å². The summed E-state index contributed by atoms with van der Waals surface area (Å²) in [5, 5.41) is 0. The second kappa shape index (κ2) is 4.44. The number of hydrogen-bond donors (Lipinski definition) is 1. The molecule has 1 aromatic heterocycles. The van der Waals surface area contributed by atoms with Gasteiger partial charge in [-0.1, -0.05) is 0 Å². The Balaban J connectivity index is 2.00. The second-order valence-electron chi connectivity index (χ2n) is 5.30. The second-order valence-corrected chi connectivity index (χ2v) is 5.30. The van der Waals surface area contributed by atoms with Crippen molar-refractivity contribution in [2.24, 2.45) is 0 Å². The standard InChI is InChI=1S/C12H18N4O2/c1-12(2,3)18-11(17)16-6-8(7-16)9-4-15-10(13)5-14-9/h4-5,8H,6-7H2,1-3H3,(H2,13,15)/i4D,5D. The highest BCUT2D eigenvalue weighted by atomic mass is 16.6. The molecule has 1 amide bonds. The molecule has 1 aliphatic heterocycles. The van der Waals surface area contributed by atoms with Crippen molar-refractivity contribution in [1.82, 2.24) is 14.9 Å². The quantitative estimate of drug-likeness (QED) is 0.816. The Hall–Kier alpha value is -1.85. The molecule has 0 bridgehead atoms. The molecule has 0 radical (unpaired) electrons. The third kappa shape index (κ3) is 2.88. The predicted molar refractivity (Wildman–Crippen MR) is 67.0 cm³/mol. The molecule has 6 nitrogen and oxygen atoms in total. The number of ether oxygens (including phenoxy) is 1. The van der Waals surface area contributed by atoms with Gasteiger partial charge in [0.25, 0.3) is 0 Å². The minimum atomic E-state index is -0.530. The molecule has 18 heavy (non-hydrogen) atoms. The van der Waals surface area contributed by atoms with Gasteiger partial charge < -0.3 is 15.4 Å². The van der Waals surface area contributed by atoms with Crippen molar-refractivity contribution in [2.45, 2.75) is 32.3 Å². The summed E-state index contributed by atoms with van der Waals surface area (Å²) in [6, 6.07) is 0. The van der Waals surface area contributed by atoms with Gasteiger partial charge in [-0.2, -0.15) is 0 Å². The highest BCUT2D eigenvalue weighted by Crippen LogP contribution is 2.26. The van der Waals surface area contributed by atoms with Gasteiger partial charge in [0.05, 0.1) is 20.8 Å². The molecule has 2 rings (SSSR count). The van der Waals surface area contributed by atoms with Gasteiger partial charge in [0.1, 0.15) is 11.4 Å². The molecule has 0 saturated carbocycles. The zero-order valence-electron chi connectivity index (χ0n) is 12.7. The summed E-state index contributed by atoms with van der Waals surface area (Å²) in [5.41, 5.74) is 5.31. The van der Waals surface area contributed by atoms with E-state index in [0.717, 1.165) is 0 Å². The molecule has 1 saturated heterocycles. The number of hydrogen-bond acceptors (Lipinski definition) is 5. The van der Waals surface area contributed by atoms with Gasteiger partial charge in [-0.3, -0.25) is 4.98 Å². The van der Waals surface area contributed by atoms with E-state index in [9.17, 15) is 4.79 Å². The van der Waals surface area contributed by atoms with Crippen LogP contribution in [0.25, 0.3) is 0 Å². The van der Waals surface area contributed by atoms with Crippen molar-refractivity contribution in [2.75, 3.05) is 18.8 Å². The molecule has 6 heteroatoms. The van der Waals surface area contributed by atoms with Crippen LogP contribution in [-0.2, 0) is 4.74 Å². The topological polar surface area (TPSA) is 81.3 Å². The van der Waals surface area contributed by atoms with Gasteiger partial charge in [-0.05, 0) is 20.8 Å². The lowest BCUT2D eigenvalue weighted by Crippen LogP contribution is -2.50. The number of aromatic nitrogens is 2. The summed E-state index contributed by atoms with van der Waals surface area (Å²) in [6.07, 6.45) is -0.547. The Bertz CT molecular complexity index is 539.